The van der Waals surface area contributed by atoms with Gasteiger partial charge in [0, 0.05) is 18.9 Å². The van der Waals surface area contributed by atoms with Crippen LogP contribution in [0.25, 0.3) is 0 Å². The summed E-state index contributed by atoms with van der Waals surface area (Å²) in [7, 11) is 0. The minimum absolute atomic E-state index is 0.0179. The molecule has 1 heterocycles. The van der Waals surface area contributed by atoms with Crippen molar-refractivity contribution in [3.05, 3.63) is 53.1 Å². The molecule has 0 spiro atoms. The van der Waals surface area contributed by atoms with Gasteiger partial charge >= 0.3 is 5.97 Å². The molecule has 1 aliphatic heterocycles. The molecule has 3 atom stereocenters. The zero-order chi connectivity index (χ0) is 32.0. The Hall–Kier alpha value is -5.07. The van der Waals surface area contributed by atoms with E-state index >= 15 is 0 Å². The number of ether oxygens (including phenoxy) is 1. The molecule has 0 fully saturated rings. The van der Waals surface area contributed by atoms with Crippen molar-refractivity contribution in [1.82, 2.24) is 10.6 Å². The van der Waals surface area contributed by atoms with Crippen molar-refractivity contribution in [2.24, 2.45) is 0 Å². The molecule has 0 aliphatic carbocycles. The SMILES string of the molecule is CC(=O)C[C@@H](C=O)NC(=O)CN1C(=O)[C@@H](NC(=O)c2cc(C)c(O)c(C)c2)CN(C(=O)C(C)OC(C)=O)c2ccccc21. The summed E-state index contributed by atoms with van der Waals surface area (Å²) >= 11 is 0. The van der Waals surface area contributed by atoms with E-state index in [9.17, 15) is 38.7 Å². The lowest BCUT2D eigenvalue weighted by Crippen LogP contribution is -2.55. The van der Waals surface area contributed by atoms with E-state index in [2.05, 4.69) is 10.6 Å². The van der Waals surface area contributed by atoms with Crippen LogP contribution in [0.4, 0.5) is 11.4 Å². The molecule has 0 saturated carbocycles. The number of benzene rings is 2. The van der Waals surface area contributed by atoms with Gasteiger partial charge in [-0.3, -0.25) is 33.7 Å². The Kier molecular flexibility index (Phi) is 10.4. The number of phenolic OH excluding ortho intramolecular Hbond substituents is 1. The normalized spacial score (nSPS) is 15.8. The summed E-state index contributed by atoms with van der Waals surface area (Å²) in [6, 6.07) is 6.62. The number of phenols is 1. The highest BCUT2D eigenvalue weighted by molar-refractivity contribution is 6.11. The minimum atomic E-state index is -1.38. The molecule has 13 heteroatoms. The first kappa shape index (κ1) is 32.4. The number of nitrogens with zero attached hydrogens (tertiary/aromatic N) is 2. The lowest BCUT2D eigenvalue weighted by Gasteiger charge is -2.27. The second kappa shape index (κ2) is 13.7. The molecule has 1 aliphatic rings. The van der Waals surface area contributed by atoms with Crippen LogP contribution in [0.3, 0.4) is 0 Å². The Labute approximate surface area is 248 Å². The third kappa shape index (κ3) is 7.82. The zero-order valence-corrected chi connectivity index (χ0v) is 24.5. The topological polar surface area (TPSA) is 179 Å². The number of hydrogen-bond acceptors (Lipinski definition) is 9. The van der Waals surface area contributed by atoms with Crippen LogP contribution in [-0.4, -0.2) is 78.1 Å². The molecular weight excluding hydrogens is 560 g/mol. The highest BCUT2D eigenvalue weighted by Gasteiger charge is 2.39. The van der Waals surface area contributed by atoms with Gasteiger partial charge in [-0.1, -0.05) is 12.1 Å². The summed E-state index contributed by atoms with van der Waals surface area (Å²) < 4.78 is 5.09. The summed E-state index contributed by atoms with van der Waals surface area (Å²) in [4.78, 5) is 90.6. The Morgan fingerprint density at radius 2 is 1.67 bits per heavy atom. The molecule has 43 heavy (non-hydrogen) atoms. The van der Waals surface area contributed by atoms with E-state index in [4.69, 9.17) is 4.74 Å². The predicted molar refractivity (Wildman–Crippen MR) is 155 cm³/mol. The summed E-state index contributed by atoms with van der Waals surface area (Å²) in [5.74, 6) is -3.87. The lowest BCUT2D eigenvalue weighted by molar-refractivity contribution is -0.151. The number of anilines is 2. The maximum atomic E-state index is 14.0. The minimum Gasteiger partial charge on any atom is -0.507 e. The van der Waals surface area contributed by atoms with Crippen LogP contribution < -0.4 is 20.4 Å². The van der Waals surface area contributed by atoms with Crippen LogP contribution in [0, 0.1) is 13.8 Å². The average Bonchev–Trinajstić information content (AvgIpc) is 3.04. The quantitative estimate of drug-likeness (QED) is 0.268. The number of Topliss-reactive ketones (excluding diaryl/α,β-unsaturated/α-hetero) is 1. The van der Waals surface area contributed by atoms with Crippen LogP contribution in [0.5, 0.6) is 5.75 Å². The molecule has 4 amide bonds. The smallest absolute Gasteiger partial charge is 0.303 e. The van der Waals surface area contributed by atoms with E-state index in [0.29, 0.717) is 17.4 Å². The van der Waals surface area contributed by atoms with E-state index < -0.39 is 54.3 Å². The Balaban J connectivity index is 2.05. The van der Waals surface area contributed by atoms with Gasteiger partial charge in [-0.15, -0.1) is 0 Å². The number of aldehydes is 1. The number of nitrogens with one attached hydrogen (secondary N) is 2. The molecule has 0 saturated heterocycles. The average molecular weight is 595 g/mol. The third-order valence-electron chi connectivity index (χ3n) is 6.73. The van der Waals surface area contributed by atoms with Crippen molar-refractivity contribution in [2.45, 2.75) is 59.2 Å². The van der Waals surface area contributed by atoms with Gasteiger partial charge in [0.15, 0.2) is 6.10 Å². The van der Waals surface area contributed by atoms with Crippen molar-refractivity contribution >= 4 is 53.0 Å². The second-order valence-electron chi connectivity index (χ2n) is 10.3. The van der Waals surface area contributed by atoms with Gasteiger partial charge in [-0.2, -0.15) is 0 Å². The number of rotatable bonds is 10. The van der Waals surface area contributed by atoms with Crippen LogP contribution in [0.2, 0.25) is 0 Å². The Morgan fingerprint density at radius 3 is 2.23 bits per heavy atom. The summed E-state index contributed by atoms with van der Waals surface area (Å²) in [5, 5.41) is 15.2. The van der Waals surface area contributed by atoms with Crippen molar-refractivity contribution in [3.63, 3.8) is 0 Å². The third-order valence-corrected chi connectivity index (χ3v) is 6.73. The summed E-state index contributed by atoms with van der Waals surface area (Å²) in [5.41, 5.74) is 1.37. The molecule has 228 valence electrons. The van der Waals surface area contributed by atoms with Crippen LogP contribution >= 0.6 is 0 Å². The number of aryl methyl sites for hydroxylation is 2. The fourth-order valence-corrected chi connectivity index (χ4v) is 4.75. The van der Waals surface area contributed by atoms with Crippen LogP contribution in [0.1, 0.15) is 48.7 Å². The number of amides is 4. The van der Waals surface area contributed by atoms with Gasteiger partial charge in [0.1, 0.15) is 30.4 Å². The van der Waals surface area contributed by atoms with E-state index in [-0.39, 0.29) is 41.4 Å². The maximum Gasteiger partial charge on any atom is 0.303 e. The number of hydrogen-bond donors (Lipinski definition) is 3. The summed E-state index contributed by atoms with van der Waals surface area (Å²) in [6.45, 7) is 6.03. The largest absolute Gasteiger partial charge is 0.507 e. The fraction of sp³-hybridized carbons (Fsp3) is 0.367. The number of carbonyl (C=O) groups excluding carboxylic acids is 7. The van der Waals surface area contributed by atoms with Gasteiger partial charge in [0.05, 0.1) is 24.0 Å². The van der Waals surface area contributed by atoms with E-state index in [0.717, 1.165) is 11.8 Å². The molecule has 13 nitrogen and oxygen atoms in total. The molecule has 0 radical (unpaired) electrons. The molecular formula is C30H34N4O9. The first-order valence-corrected chi connectivity index (χ1v) is 13.5. The molecule has 1 unspecified atom stereocenters. The van der Waals surface area contributed by atoms with Crippen molar-refractivity contribution in [1.29, 1.82) is 0 Å². The molecule has 0 bridgehead atoms. The highest BCUT2D eigenvalue weighted by Crippen LogP contribution is 2.33. The fourth-order valence-electron chi connectivity index (χ4n) is 4.75. The van der Waals surface area contributed by atoms with Gasteiger partial charge in [-0.25, -0.2) is 0 Å². The second-order valence-corrected chi connectivity index (χ2v) is 10.3. The van der Waals surface area contributed by atoms with E-state index in [1.54, 1.807) is 26.0 Å². The van der Waals surface area contributed by atoms with E-state index in [1.165, 1.54) is 43.0 Å². The van der Waals surface area contributed by atoms with Crippen molar-refractivity contribution in [2.75, 3.05) is 22.9 Å². The Morgan fingerprint density at radius 1 is 1.07 bits per heavy atom. The van der Waals surface area contributed by atoms with Crippen LogP contribution in [-0.2, 0) is 33.5 Å². The number of esters is 1. The summed E-state index contributed by atoms with van der Waals surface area (Å²) in [6.07, 6.45) is -1.06. The van der Waals surface area contributed by atoms with Crippen molar-refractivity contribution in [3.8, 4) is 5.75 Å². The van der Waals surface area contributed by atoms with Gasteiger partial charge in [0.25, 0.3) is 17.7 Å². The maximum absolute atomic E-state index is 14.0. The predicted octanol–water partition coefficient (Wildman–Crippen LogP) is 1.10. The molecule has 3 N–H and O–H groups in total. The number of ketones is 1. The number of carbonyl (C=O) groups is 7. The number of para-hydroxylation sites is 2. The van der Waals surface area contributed by atoms with Gasteiger partial charge in [-0.05, 0) is 63.1 Å². The van der Waals surface area contributed by atoms with Crippen molar-refractivity contribution < 1.29 is 43.4 Å². The number of fused-ring (bicyclic) bond motifs is 1. The standard InChI is InChI=1S/C30H34N4O9/c1-16-10-21(11-17(2)27(16)39)28(40)32-23-13-33(29(41)19(4)43-20(5)37)24-8-6-7-9-25(24)34(30(23)42)14-26(38)31-22(15-35)12-18(3)36/h6-11,15,19,22-23,39H,12-14H2,1-5H3,(H,31,38)(H,32,40)/t19?,22-,23-/m0/s1. The lowest BCUT2D eigenvalue weighted by atomic mass is 10.0. The van der Waals surface area contributed by atoms with Gasteiger partial charge < -0.3 is 30.2 Å². The highest BCUT2D eigenvalue weighted by atomic mass is 16.5. The first-order chi connectivity index (χ1) is 20.2. The number of aromatic hydroxyl groups is 1. The molecule has 2 aromatic rings. The molecule has 3 rings (SSSR count). The van der Waals surface area contributed by atoms with Crippen LogP contribution in [0.15, 0.2) is 36.4 Å². The molecule has 0 aromatic heterocycles. The first-order valence-electron chi connectivity index (χ1n) is 13.5. The zero-order valence-electron chi connectivity index (χ0n) is 24.5. The van der Waals surface area contributed by atoms with E-state index in [1.807, 2.05) is 0 Å². The Bertz CT molecular complexity index is 1450. The molecule has 2 aromatic carbocycles. The monoisotopic (exact) mass is 594 g/mol. The van der Waals surface area contributed by atoms with Gasteiger partial charge in [0.2, 0.25) is 5.91 Å².